The summed E-state index contributed by atoms with van der Waals surface area (Å²) in [5.74, 6) is -0.323. The average Bonchev–Trinajstić information content (AvgIpc) is 3.26. The Morgan fingerprint density at radius 3 is 2.45 bits per heavy atom. The fourth-order valence-corrected chi connectivity index (χ4v) is 3.38. The largest absolute Gasteiger partial charge is 0.491 e. The molecule has 0 aliphatic rings. The molecule has 1 heterocycles. The highest BCUT2D eigenvalue weighted by molar-refractivity contribution is 5.87. The Kier molecular flexibility index (Phi) is 8.61. The Labute approximate surface area is 192 Å². The summed E-state index contributed by atoms with van der Waals surface area (Å²) in [5.41, 5.74) is 3.09. The van der Waals surface area contributed by atoms with E-state index >= 15 is 0 Å². The number of hydrogen-bond donors (Lipinski definition) is 1. The zero-order chi connectivity index (χ0) is 23.6. The number of carboxylic acid groups (broad SMARTS) is 1. The quantitative estimate of drug-likeness (QED) is 0.327. The van der Waals surface area contributed by atoms with Crippen LogP contribution >= 0.6 is 0 Å². The van der Waals surface area contributed by atoms with E-state index in [-0.39, 0.29) is 12.4 Å². The van der Waals surface area contributed by atoms with Crippen LogP contribution in [0.25, 0.3) is 11.1 Å². The zero-order valence-electron chi connectivity index (χ0n) is 18.6. The second-order valence-corrected chi connectivity index (χ2v) is 7.22. The van der Waals surface area contributed by atoms with Crippen LogP contribution in [0, 0.1) is 11.3 Å². The molecule has 3 rings (SSSR count). The molecule has 1 unspecified atom stereocenters. The minimum atomic E-state index is -0.978. The van der Waals surface area contributed by atoms with Crippen LogP contribution < -0.4 is 4.74 Å². The van der Waals surface area contributed by atoms with E-state index in [4.69, 9.17) is 24.1 Å². The van der Waals surface area contributed by atoms with Gasteiger partial charge in [0.05, 0.1) is 17.7 Å². The van der Waals surface area contributed by atoms with Crippen molar-refractivity contribution in [2.24, 2.45) is 0 Å². The number of carboxylic acids is 1. The van der Waals surface area contributed by atoms with Gasteiger partial charge in [-0.2, -0.15) is 5.26 Å². The molecular weight excluding hydrogens is 424 g/mol. The fourth-order valence-electron chi connectivity index (χ4n) is 3.38. The second-order valence-electron chi connectivity index (χ2n) is 7.22. The number of methoxy groups -OCH3 is 2. The lowest BCUT2D eigenvalue weighted by atomic mass is 10.0. The summed E-state index contributed by atoms with van der Waals surface area (Å²) >= 11 is 0. The monoisotopic (exact) mass is 450 g/mol. The molecule has 0 aliphatic heterocycles. The molecule has 0 aliphatic carbocycles. The summed E-state index contributed by atoms with van der Waals surface area (Å²) in [6.45, 7) is 0.903. The summed E-state index contributed by atoms with van der Waals surface area (Å²) in [7, 11) is 3.15. The van der Waals surface area contributed by atoms with Gasteiger partial charge in [0.15, 0.2) is 0 Å². The maximum atomic E-state index is 11.1. The van der Waals surface area contributed by atoms with Crippen molar-refractivity contribution in [2.75, 3.05) is 34.2 Å². The summed E-state index contributed by atoms with van der Waals surface area (Å²) in [6, 6.07) is 16.4. The normalized spacial score (nSPS) is 11.7. The molecule has 1 atom stereocenters. The topological polar surface area (TPSA) is 103 Å². The van der Waals surface area contributed by atoms with Gasteiger partial charge in [0, 0.05) is 44.2 Å². The van der Waals surface area contributed by atoms with Crippen molar-refractivity contribution in [3.8, 4) is 22.9 Å². The molecule has 8 heteroatoms. The van der Waals surface area contributed by atoms with Crippen molar-refractivity contribution in [1.82, 2.24) is 4.57 Å². The van der Waals surface area contributed by atoms with E-state index in [2.05, 4.69) is 6.07 Å². The van der Waals surface area contributed by atoms with Crippen molar-refractivity contribution in [3.63, 3.8) is 0 Å². The van der Waals surface area contributed by atoms with Gasteiger partial charge in [0.1, 0.15) is 31.4 Å². The number of nitrogens with zero attached hydrogens (tertiary/aromatic N) is 2. The molecule has 0 saturated heterocycles. The van der Waals surface area contributed by atoms with E-state index in [0.717, 1.165) is 16.7 Å². The van der Waals surface area contributed by atoms with Gasteiger partial charge in [-0.25, -0.2) is 4.79 Å². The average molecular weight is 450 g/mol. The highest BCUT2D eigenvalue weighted by Gasteiger charge is 2.19. The van der Waals surface area contributed by atoms with Gasteiger partial charge in [0.2, 0.25) is 0 Å². The third-order valence-corrected chi connectivity index (χ3v) is 5.01. The highest BCUT2D eigenvalue weighted by Crippen LogP contribution is 2.34. The maximum absolute atomic E-state index is 11.1. The predicted octanol–water partition coefficient (Wildman–Crippen LogP) is 4.11. The van der Waals surface area contributed by atoms with Crippen LogP contribution in [-0.4, -0.2) is 49.9 Å². The summed E-state index contributed by atoms with van der Waals surface area (Å²) in [4.78, 5) is 11.1. The first-order valence-electron chi connectivity index (χ1n) is 10.3. The number of aromatic carboxylic acids is 1. The molecule has 0 spiro atoms. The van der Waals surface area contributed by atoms with Crippen LogP contribution in [0.4, 0.5) is 0 Å². The fraction of sp³-hybridized carbons (Fsp3) is 0.280. The maximum Gasteiger partial charge on any atom is 0.335 e. The van der Waals surface area contributed by atoms with Crippen molar-refractivity contribution >= 4 is 5.97 Å². The first kappa shape index (κ1) is 24.0. The summed E-state index contributed by atoms with van der Waals surface area (Å²) in [5, 5.41) is 18.9. The molecule has 172 valence electrons. The molecule has 0 radical (unpaired) electrons. The molecule has 0 amide bonds. The number of ether oxygens (including phenoxy) is 4. The van der Waals surface area contributed by atoms with Crippen LogP contribution in [0.5, 0.6) is 5.75 Å². The minimum Gasteiger partial charge on any atom is -0.491 e. The third-order valence-electron chi connectivity index (χ3n) is 5.01. The van der Waals surface area contributed by atoms with Crippen LogP contribution in [0.15, 0.2) is 60.9 Å². The van der Waals surface area contributed by atoms with Crippen LogP contribution in [0.2, 0.25) is 0 Å². The van der Waals surface area contributed by atoms with E-state index in [0.29, 0.717) is 30.9 Å². The van der Waals surface area contributed by atoms with E-state index < -0.39 is 12.2 Å². The van der Waals surface area contributed by atoms with Crippen molar-refractivity contribution in [2.45, 2.75) is 12.6 Å². The lowest BCUT2D eigenvalue weighted by Gasteiger charge is -2.19. The van der Waals surface area contributed by atoms with Gasteiger partial charge in [-0.1, -0.05) is 30.3 Å². The predicted molar refractivity (Wildman–Crippen MR) is 121 cm³/mol. The molecule has 1 N–H and O–H groups in total. The second kappa shape index (κ2) is 11.8. The number of carbonyl (C=O) groups is 1. The highest BCUT2D eigenvalue weighted by atomic mass is 16.7. The van der Waals surface area contributed by atoms with Gasteiger partial charge >= 0.3 is 5.97 Å². The summed E-state index contributed by atoms with van der Waals surface area (Å²) < 4.78 is 23.7. The number of hydrogen-bond acceptors (Lipinski definition) is 6. The lowest BCUT2D eigenvalue weighted by Crippen LogP contribution is -2.16. The van der Waals surface area contributed by atoms with Gasteiger partial charge in [-0.05, 0) is 23.8 Å². The number of nitriles is 1. The van der Waals surface area contributed by atoms with Crippen LogP contribution in [0.3, 0.4) is 0 Å². The Morgan fingerprint density at radius 2 is 1.79 bits per heavy atom. The Balaban J connectivity index is 1.92. The molecule has 8 nitrogen and oxygen atoms in total. The first-order valence-corrected chi connectivity index (χ1v) is 10.3. The number of benzene rings is 2. The summed E-state index contributed by atoms with van der Waals surface area (Å²) in [6.07, 6.45) is 3.56. The Bertz CT molecular complexity index is 1100. The van der Waals surface area contributed by atoms with Crippen LogP contribution in [-0.2, 0) is 20.6 Å². The van der Waals surface area contributed by atoms with Crippen LogP contribution in [0.1, 0.15) is 27.7 Å². The van der Waals surface area contributed by atoms with Crippen molar-refractivity contribution in [1.29, 1.82) is 5.26 Å². The number of aromatic nitrogens is 1. The van der Waals surface area contributed by atoms with Gasteiger partial charge in [-0.15, -0.1) is 0 Å². The molecule has 0 fully saturated rings. The number of para-hydroxylation sites is 1. The van der Waals surface area contributed by atoms with E-state index in [1.807, 2.05) is 35.0 Å². The SMILES string of the molecule is COCCOc1ccccc1-c1cn(C(Cc2ccc(C(=O)O)cc2)OCOC)cc1C#N. The van der Waals surface area contributed by atoms with E-state index in [9.17, 15) is 10.1 Å². The Morgan fingerprint density at radius 1 is 1.03 bits per heavy atom. The molecule has 2 aromatic carbocycles. The number of rotatable bonds is 12. The molecule has 33 heavy (non-hydrogen) atoms. The molecular formula is C25H26N2O6. The third kappa shape index (κ3) is 6.20. The van der Waals surface area contributed by atoms with E-state index in [1.165, 1.54) is 7.11 Å². The van der Waals surface area contributed by atoms with Crippen molar-refractivity contribution < 1.29 is 28.8 Å². The molecule has 3 aromatic rings. The Hall–Kier alpha value is -3.64. The standard InChI is InChI=1S/C25H26N2O6/c1-30-11-12-32-23-6-4-3-5-21(23)22-16-27(15-20(22)14-26)24(33-17-31-2)13-18-7-9-19(10-8-18)25(28)29/h3-10,15-16,24H,11-13,17H2,1-2H3,(H,28,29). The van der Waals surface area contributed by atoms with Crippen molar-refractivity contribution in [3.05, 3.63) is 77.6 Å². The van der Waals surface area contributed by atoms with Gasteiger partial charge < -0.3 is 28.6 Å². The van der Waals surface area contributed by atoms with E-state index in [1.54, 1.807) is 37.6 Å². The lowest BCUT2D eigenvalue weighted by molar-refractivity contribution is -0.1000. The first-order chi connectivity index (χ1) is 16.1. The molecule has 0 bridgehead atoms. The molecule has 0 saturated carbocycles. The molecule has 1 aromatic heterocycles. The zero-order valence-corrected chi connectivity index (χ0v) is 18.6. The van der Waals surface area contributed by atoms with Gasteiger partial charge in [-0.3, -0.25) is 0 Å². The smallest absolute Gasteiger partial charge is 0.335 e. The minimum absolute atomic E-state index is 0.0595. The van der Waals surface area contributed by atoms with Gasteiger partial charge in [0.25, 0.3) is 0 Å².